The lowest BCUT2D eigenvalue weighted by atomic mass is 9.96. The number of rotatable bonds is 5. The highest BCUT2D eigenvalue weighted by atomic mass is 35.5. The van der Waals surface area contributed by atoms with E-state index in [1.165, 1.54) is 25.0 Å². The SMILES string of the molecule is CC(C)NCC1CCN(Cc2ccc(F)cc2Cl)CC1. The Balaban J connectivity index is 1.79. The number of halogens is 2. The molecule has 0 aromatic heterocycles. The second-order valence-electron chi connectivity index (χ2n) is 6.02. The monoisotopic (exact) mass is 298 g/mol. The molecule has 2 nitrogen and oxygen atoms in total. The summed E-state index contributed by atoms with van der Waals surface area (Å²) in [6.07, 6.45) is 2.44. The Hall–Kier alpha value is -0.640. The molecule has 1 fully saturated rings. The van der Waals surface area contributed by atoms with Crippen molar-refractivity contribution in [2.24, 2.45) is 5.92 Å². The highest BCUT2D eigenvalue weighted by molar-refractivity contribution is 6.31. The van der Waals surface area contributed by atoms with E-state index in [0.29, 0.717) is 11.1 Å². The first kappa shape index (κ1) is 15.7. The van der Waals surface area contributed by atoms with Gasteiger partial charge in [0, 0.05) is 17.6 Å². The fraction of sp³-hybridized carbons (Fsp3) is 0.625. The van der Waals surface area contributed by atoms with E-state index in [4.69, 9.17) is 11.6 Å². The minimum atomic E-state index is -0.266. The zero-order valence-electron chi connectivity index (χ0n) is 12.3. The van der Waals surface area contributed by atoms with Crippen LogP contribution < -0.4 is 5.32 Å². The molecule has 20 heavy (non-hydrogen) atoms. The Morgan fingerprint density at radius 2 is 2.05 bits per heavy atom. The van der Waals surface area contributed by atoms with Gasteiger partial charge in [-0.2, -0.15) is 0 Å². The van der Waals surface area contributed by atoms with Gasteiger partial charge in [-0.25, -0.2) is 4.39 Å². The van der Waals surface area contributed by atoms with Crippen molar-refractivity contribution in [2.75, 3.05) is 19.6 Å². The van der Waals surface area contributed by atoms with E-state index in [0.717, 1.165) is 37.7 Å². The van der Waals surface area contributed by atoms with E-state index in [1.54, 1.807) is 6.07 Å². The third-order valence-electron chi connectivity index (χ3n) is 3.93. The molecule has 0 atom stereocenters. The smallest absolute Gasteiger partial charge is 0.124 e. The second-order valence-corrected chi connectivity index (χ2v) is 6.43. The Kier molecular flexibility index (Phi) is 5.82. The largest absolute Gasteiger partial charge is 0.314 e. The molecule has 0 radical (unpaired) electrons. The van der Waals surface area contributed by atoms with Crippen LogP contribution in [-0.2, 0) is 6.54 Å². The lowest BCUT2D eigenvalue weighted by molar-refractivity contribution is 0.174. The van der Waals surface area contributed by atoms with Crippen molar-refractivity contribution in [1.82, 2.24) is 10.2 Å². The predicted octanol–water partition coefficient (Wildman–Crippen LogP) is 3.69. The van der Waals surface area contributed by atoms with Gasteiger partial charge < -0.3 is 5.32 Å². The van der Waals surface area contributed by atoms with Gasteiger partial charge in [0.25, 0.3) is 0 Å². The van der Waals surface area contributed by atoms with Crippen LogP contribution in [0.5, 0.6) is 0 Å². The summed E-state index contributed by atoms with van der Waals surface area (Å²) in [4.78, 5) is 2.41. The molecule has 112 valence electrons. The van der Waals surface area contributed by atoms with Gasteiger partial charge in [0.2, 0.25) is 0 Å². The molecular formula is C16H24ClFN2. The molecule has 0 bridgehead atoms. The Bertz CT molecular complexity index is 428. The van der Waals surface area contributed by atoms with Crippen molar-refractivity contribution in [2.45, 2.75) is 39.3 Å². The maximum absolute atomic E-state index is 13.0. The van der Waals surface area contributed by atoms with Crippen molar-refractivity contribution < 1.29 is 4.39 Å². The predicted molar refractivity (Wildman–Crippen MR) is 82.5 cm³/mol. The van der Waals surface area contributed by atoms with Crippen LogP contribution in [0.2, 0.25) is 5.02 Å². The first-order chi connectivity index (χ1) is 9.54. The molecule has 0 saturated carbocycles. The lowest BCUT2D eigenvalue weighted by Gasteiger charge is -2.32. The Morgan fingerprint density at radius 3 is 2.65 bits per heavy atom. The van der Waals surface area contributed by atoms with E-state index in [-0.39, 0.29) is 5.82 Å². The van der Waals surface area contributed by atoms with Gasteiger partial charge in [0.15, 0.2) is 0 Å². The molecule has 0 unspecified atom stereocenters. The number of benzene rings is 1. The summed E-state index contributed by atoms with van der Waals surface area (Å²) in [5.74, 6) is 0.509. The highest BCUT2D eigenvalue weighted by Gasteiger charge is 2.19. The topological polar surface area (TPSA) is 15.3 Å². The molecule has 0 spiro atoms. The zero-order chi connectivity index (χ0) is 14.5. The Morgan fingerprint density at radius 1 is 1.35 bits per heavy atom. The average Bonchev–Trinajstić information content (AvgIpc) is 2.41. The molecule has 0 aliphatic carbocycles. The van der Waals surface area contributed by atoms with Gasteiger partial charge >= 0.3 is 0 Å². The van der Waals surface area contributed by atoms with Crippen LogP contribution in [0.25, 0.3) is 0 Å². The fourth-order valence-corrected chi connectivity index (χ4v) is 2.87. The first-order valence-corrected chi connectivity index (χ1v) is 7.82. The number of likely N-dealkylation sites (tertiary alicyclic amines) is 1. The van der Waals surface area contributed by atoms with Crippen LogP contribution in [0, 0.1) is 11.7 Å². The molecular weight excluding hydrogens is 275 g/mol. The summed E-state index contributed by atoms with van der Waals surface area (Å²) in [5, 5.41) is 4.05. The number of nitrogens with zero attached hydrogens (tertiary/aromatic N) is 1. The van der Waals surface area contributed by atoms with Crippen LogP contribution in [0.4, 0.5) is 4.39 Å². The van der Waals surface area contributed by atoms with E-state index in [2.05, 4.69) is 24.1 Å². The van der Waals surface area contributed by atoms with E-state index in [1.807, 2.05) is 0 Å². The minimum absolute atomic E-state index is 0.266. The zero-order valence-corrected chi connectivity index (χ0v) is 13.1. The molecule has 2 rings (SSSR count). The standard InChI is InChI=1S/C16H24ClFN2/c1-12(2)19-10-13-5-7-20(8-6-13)11-14-3-4-15(18)9-16(14)17/h3-4,9,12-13,19H,5-8,10-11H2,1-2H3. The molecule has 1 aromatic carbocycles. The third kappa shape index (κ3) is 4.72. The summed E-state index contributed by atoms with van der Waals surface area (Å²) in [7, 11) is 0. The molecule has 1 aromatic rings. The summed E-state index contributed by atoms with van der Waals surface area (Å²) < 4.78 is 13.0. The molecule has 1 heterocycles. The third-order valence-corrected chi connectivity index (χ3v) is 4.28. The second kappa shape index (κ2) is 7.39. The van der Waals surface area contributed by atoms with Crippen LogP contribution in [-0.4, -0.2) is 30.6 Å². The van der Waals surface area contributed by atoms with Crippen molar-refractivity contribution in [1.29, 1.82) is 0 Å². The number of nitrogens with one attached hydrogen (secondary N) is 1. The minimum Gasteiger partial charge on any atom is -0.314 e. The normalized spacial score (nSPS) is 17.9. The van der Waals surface area contributed by atoms with Crippen LogP contribution in [0.1, 0.15) is 32.3 Å². The van der Waals surface area contributed by atoms with Crippen LogP contribution in [0.15, 0.2) is 18.2 Å². The molecule has 1 N–H and O–H groups in total. The maximum Gasteiger partial charge on any atom is 0.124 e. The highest BCUT2D eigenvalue weighted by Crippen LogP contribution is 2.22. The molecule has 0 amide bonds. The van der Waals surface area contributed by atoms with E-state index >= 15 is 0 Å². The van der Waals surface area contributed by atoms with Gasteiger partial charge in [0.1, 0.15) is 5.82 Å². The van der Waals surface area contributed by atoms with Gasteiger partial charge in [-0.1, -0.05) is 31.5 Å². The van der Waals surface area contributed by atoms with E-state index in [9.17, 15) is 4.39 Å². The average molecular weight is 299 g/mol. The Labute approximate surface area is 126 Å². The summed E-state index contributed by atoms with van der Waals surface area (Å²) in [6, 6.07) is 5.24. The van der Waals surface area contributed by atoms with Gasteiger partial charge in [-0.05, 0) is 56.1 Å². The lowest BCUT2D eigenvalue weighted by Crippen LogP contribution is -2.38. The summed E-state index contributed by atoms with van der Waals surface area (Å²) in [5.41, 5.74) is 1.02. The first-order valence-electron chi connectivity index (χ1n) is 7.44. The number of piperidine rings is 1. The van der Waals surface area contributed by atoms with Crippen molar-refractivity contribution in [3.8, 4) is 0 Å². The van der Waals surface area contributed by atoms with E-state index < -0.39 is 0 Å². The van der Waals surface area contributed by atoms with Crippen molar-refractivity contribution in [3.05, 3.63) is 34.6 Å². The molecule has 1 saturated heterocycles. The van der Waals surface area contributed by atoms with Crippen LogP contribution >= 0.6 is 11.6 Å². The number of hydrogen-bond acceptors (Lipinski definition) is 2. The van der Waals surface area contributed by atoms with Crippen molar-refractivity contribution >= 4 is 11.6 Å². The fourth-order valence-electron chi connectivity index (χ4n) is 2.64. The van der Waals surface area contributed by atoms with Crippen molar-refractivity contribution in [3.63, 3.8) is 0 Å². The summed E-state index contributed by atoms with van der Waals surface area (Å²) in [6.45, 7) is 8.50. The summed E-state index contributed by atoms with van der Waals surface area (Å²) >= 11 is 6.09. The molecule has 1 aliphatic rings. The van der Waals surface area contributed by atoms with Crippen LogP contribution in [0.3, 0.4) is 0 Å². The van der Waals surface area contributed by atoms with Gasteiger partial charge in [-0.15, -0.1) is 0 Å². The number of hydrogen-bond donors (Lipinski definition) is 1. The maximum atomic E-state index is 13.0. The molecule has 4 heteroatoms. The molecule has 1 aliphatic heterocycles. The quantitative estimate of drug-likeness (QED) is 0.892. The van der Waals surface area contributed by atoms with Gasteiger partial charge in [-0.3, -0.25) is 4.90 Å². The van der Waals surface area contributed by atoms with Gasteiger partial charge in [0.05, 0.1) is 0 Å².